The molecule has 0 saturated carbocycles. The van der Waals surface area contributed by atoms with Crippen LogP contribution < -0.4 is 4.74 Å². The Morgan fingerprint density at radius 1 is 1.13 bits per heavy atom. The van der Waals surface area contributed by atoms with Crippen LogP contribution in [0.4, 0.5) is 4.39 Å². The van der Waals surface area contributed by atoms with Gasteiger partial charge in [0.05, 0.1) is 19.3 Å². The maximum Gasteiger partial charge on any atom is 0.223 e. The summed E-state index contributed by atoms with van der Waals surface area (Å²) in [7, 11) is 1.65. The van der Waals surface area contributed by atoms with Gasteiger partial charge in [-0.1, -0.05) is 25.0 Å². The Labute approximate surface area is 181 Å². The molecule has 4 rings (SSSR count). The molecule has 1 fully saturated rings. The molecule has 2 heterocycles. The van der Waals surface area contributed by atoms with Gasteiger partial charge in [-0.25, -0.2) is 9.37 Å². The van der Waals surface area contributed by atoms with Crippen LogP contribution in [0.1, 0.15) is 49.6 Å². The van der Waals surface area contributed by atoms with Crippen molar-refractivity contribution in [1.29, 1.82) is 0 Å². The smallest absolute Gasteiger partial charge is 0.223 e. The molecule has 1 aliphatic heterocycles. The third-order valence-corrected chi connectivity index (χ3v) is 5.81. The number of benzene rings is 2. The third kappa shape index (κ3) is 5.13. The van der Waals surface area contributed by atoms with Crippen LogP contribution in [0.25, 0.3) is 11.3 Å². The van der Waals surface area contributed by atoms with Crippen LogP contribution in [0.2, 0.25) is 0 Å². The Bertz CT molecular complexity index is 998. The van der Waals surface area contributed by atoms with Gasteiger partial charge in [-0.15, -0.1) is 0 Å². The van der Waals surface area contributed by atoms with Gasteiger partial charge in [0.2, 0.25) is 5.91 Å². The van der Waals surface area contributed by atoms with E-state index in [1.54, 1.807) is 25.4 Å². The van der Waals surface area contributed by atoms with E-state index in [0.717, 1.165) is 49.1 Å². The second kappa shape index (κ2) is 9.77. The molecule has 3 aromatic rings. The fraction of sp³-hybridized carbons (Fsp3) is 0.360. The first-order chi connectivity index (χ1) is 15.1. The third-order valence-electron chi connectivity index (χ3n) is 5.81. The Morgan fingerprint density at radius 3 is 2.65 bits per heavy atom. The second-order valence-corrected chi connectivity index (χ2v) is 7.85. The quantitative estimate of drug-likeness (QED) is 0.521. The lowest BCUT2D eigenvalue weighted by atomic mass is 10.00. The molecule has 5 nitrogen and oxygen atoms in total. The number of aryl methyl sites for hydroxylation is 1. The standard InChI is InChI=1S/C25H27FN2O3/c1-30-21-12-8-18(9-13-21)22-5-3-2-4-16-28(22)25(29)15-14-24-27-17-23(31-24)19-6-10-20(26)11-7-19/h6-13,17,22H,2-5,14-16H2,1H3/t22-/m0/s1. The zero-order valence-electron chi connectivity index (χ0n) is 17.7. The molecule has 0 radical (unpaired) electrons. The minimum Gasteiger partial charge on any atom is -0.497 e. The van der Waals surface area contributed by atoms with Crippen molar-refractivity contribution in [3.8, 4) is 17.1 Å². The molecular weight excluding hydrogens is 395 g/mol. The lowest BCUT2D eigenvalue weighted by molar-refractivity contribution is -0.133. The summed E-state index contributed by atoms with van der Waals surface area (Å²) in [6.07, 6.45) is 6.64. The minimum atomic E-state index is -0.294. The van der Waals surface area contributed by atoms with E-state index >= 15 is 0 Å². The summed E-state index contributed by atoms with van der Waals surface area (Å²) < 4.78 is 24.2. The van der Waals surface area contributed by atoms with Crippen LogP contribution in [-0.2, 0) is 11.2 Å². The summed E-state index contributed by atoms with van der Waals surface area (Å²) in [5.41, 5.74) is 1.91. The van der Waals surface area contributed by atoms with Crippen LogP contribution in [0.15, 0.2) is 59.1 Å². The number of likely N-dealkylation sites (tertiary alicyclic amines) is 1. The number of halogens is 1. The van der Waals surface area contributed by atoms with Gasteiger partial charge in [0, 0.05) is 24.9 Å². The molecule has 0 unspecified atom stereocenters. The summed E-state index contributed by atoms with van der Waals surface area (Å²) in [5.74, 6) is 1.73. The number of methoxy groups -OCH3 is 1. The molecule has 2 aromatic carbocycles. The van der Waals surface area contributed by atoms with Gasteiger partial charge in [-0.05, 0) is 54.8 Å². The summed E-state index contributed by atoms with van der Waals surface area (Å²) in [6, 6.07) is 14.2. The number of ether oxygens (including phenoxy) is 1. The first kappa shape index (κ1) is 21.1. The van der Waals surface area contributed by atoms with Crippen molar-refractivity contribution in [2.75, 3.05) is 13.7 Å². The number of oxazole rings is 1. The molecule has 1 amide bonds. The van der Waals surface area contributed by atoms with Crippen LogP contribution in [0, 0.1) is 5.82 Å². The van der Waals surface area contributed by atoms with Crippen molar-refractivity contribution in [1.82, 2.24) is 9.88 Å². The predicted molar refractivity (Wildman–Crippen MR) is 116 cm³/mol. The summed E-state index contributed by atoms with van der Waals surface area (Å²) in [6.45, 7) is 0.766. The fourth-order valence-electron chi connectivity index (χ4n) is 4.11. The molecule has 31 heavy (non-hydrogen) atoms. The average Bonchev–Trinajstić information content (AvgIpc) is 3.14. The highest BCUT2D eigenvalue weighted by Gasteiger charge is 2.27. The van der Waals surface area contributed by atoms with E-state index in [2.05, 4.69) is 17.1 Å². The Kier molecular flexibility index (Phi) is 6.65. The maximum atomic E-state index is 13.1. The number of carbonyl (C=O) groups excluding carboxylic acids is 1. The first-order valence-corrected chi connectivity index (χ1v) is 10.8. The highest BCUT2D eigenvalue weighted by atomic mass is 19.1. The zero-order chi connectivity index (χ0) is 21.6. The van der Waals surface area contributed by atoms with Crippen molar-refractivity contribution in [3.63, 3.8) is 0 Å². The molecule has 0 aliphatic carbocycles. The minimum absolute atomic E-state index is 0.0836. The molecule has 0 bridgehead atoms. The Balaban J connectivity index is 1.42. The largest absolute Gasteiger partial charge is 0.497 e. The molecule has 0 N–H and O–H groups in total. The van der Waals surface area contributed by atoms with Gasteiger partial charge in [0.1, 0.15) is 11.6 Å². The molecule has 1 saturated heterocycles. The van der Waals surface area contributed by atoms with E-state index in [9.17, 15) is 9.18 Å². The van der Waals surface area contributed by atoms with Gasteiger partial charge >= 0.3 is 0 Å². The topological polar surface area (TPSA) is 55.6 Å². The number of amides is 1. The number of nitrogens with zero attached hydrogens (tertiary/aromatic N) is 2. The van der Waals surface area contributed by atoms with Crippen LogP contribution >= 0.6 is 0 Å². The summed E-state index contributed by atoms with van der Waals surface area (Å²) in [5, 5.41) is 0. The maximum absolute atomic E-state index is 13.1. The molecule has 1 aliphatic rings. The van der Waals surface area contributed by atoms with E-state index in [1.807, 2.05) is 17.0 Å². The van der Waals surface area contributed by atoms with Gasteiger partial charge < -0.3 is 14.1 Å². The molecule has 0 spiro atoms. The molecule has 1 atom stereocenters. The molecule has 1 aromatic heterocycles. The van der Waals surface area contributed by atoms with Crippen molar-refractivity contribution < 1.29 is 18.3 Å². The SMILES string of the molecule is COc1ccc([C@@H]2CCCCCN2C(=O)CCc2ncc(-c3ccc(F)cc3)o2)cc1. The van der Waals surface area contributed by atoms with E-state index < -0.39 is 0 Å². The highest BCUT2D eigenvalue weighted by molar-refractivity contribution is 5.77. The predicted octanol–water partition coefficient (Wildman–Crippen LogP) is 5.57. The van der Waals surface area contributed by atoms with Crippen molar-refractivity contribution in [2.24, 2.45) is 0 Å². The number of carbonyl (C=O) groups is 1. The Morgan fingerprint density at radius 2 is 1.90 bits per heavy atom. The monoisotopic (exact) mass is 422 g/mol. The molecule has 162 valence electrons. The highest BCUT2D eigenvalue weighted by Crippen LogP contribution is 2.32. The van der Waals surface area contributed by atoms with E-state index in [4.69, 9.17) is 9.15 Å². The van der Waals surface area contributed by atoms with Crippen molar-refractivity contribution in [3.05, 3.63) is 72.0 Å². The second-order valence-electron chi connectivity index (χ2n) is 7.85. The van der Waals surface area contributed by atoms with E-state index in [-0.39, 0.29) is 17.8 Å². The van der Waals surface area contributed by atoms with Gasteiger partial charge in [0.15, 0.2) is 11.7 Å². The van der Waals surface area contributed by atoms with E-state index in [1.165, 1.54) is 12.1 Å². The van der Waals surface area contributed by atoms with Crippen LogP contribution in [0.3, 0.4) is 0 Å². The fourth-order valence-corrected chi connectivity index (χ4v) is 4.11. The zero-order valence-corrected chi connectivity index (χ0v) is 17.7. The number of hydrogen-bond donors (Lipinski definition) is 0. The van der Waals surface area contributed by atoms with Gasteiger partial charge in [0.25, 0.3) is 0 Å². The number of aromatic nitrogens is 1. The average molecular weight is 423 g/mol. The van der Waals surface area contributed by atoms with Crippen molar-refractivity contribution in [2.45, 2.75) is 44.6 Å². The Hall–Kier alpha value is -3.15. The van der Waals surface area contributed by atoms with Gasteiger partial charge in [-0.2, -0.15) is 0 Å². The number of rotatable bonds is 6. The van der Waals surface area contributed by atoms with Crippen molar-refractivity contribution >= 4 is 5.91 Å². The lowest BCUT2D eigenvalue weighted by Gasteiger charge is -2.30. The first-order valence-electron chi connectivity index (χ1n) is 10.8. The van der Waals surface area contributed by atoms with E-state index in [0.29, 0.717) is 24.5 Å². The van der Waals surface area contributed by atoms with Crippen LogP contribution in [-0.4, -0.2) is 29.4 Å². The lowest BCUT2D eigenvalue weighted by Crippen LogP contribution is -2.35. The number of hydrogen-bond acceptors (Lipinski definition) is 4. The summed E-state index contributed by atoms with van der Waals surface area (Å²) >= 11 is 0. The van der Waals surface area contributed by atoms with Crippen LogP contribution in [0.5, 0.6) is 5.75 Å². The van der Waals surface area contributed by atoms with Gasteiger partial charge in [-0.3, -0.25) is 4.79 Å². The summed E-state index contributed by atoms with van der Waals surface area (Å²) in [4.78, 5) is 19.4. The normalized spacial score (nSPS) is 16.7. The molecule has 6 heteroatoms. The molecular formula is C25H27FN2O3.